The zero-order valence-electron chi connectivity index (χ0n) is 7.96. The molecule has 0 heterocycles. The van der Waals surface area contributed by atoms with Crippen molar-refractivity contribution in [1.82, 2.24) is 0 Å². The molecule has 1 atom stereocenters. The van der Waals surface area contributed by atoms with E-state index in [0.29, 0.717) is 0 Å². The summed E-state index contributed by atoms with van der Waals surface area (Å²) in [6.07, 6.45) is 0. The molecule has 11 heavy (non-hydrogen) atoms. The summed E-state index contributed by atoms with van der Waals surface area (Å²) in [7, 11) is -3.90. The molecule has 0 bridgehead atoms. The zero-order valence-corrected chi connectivity index (χ0v) is 7.86. The molecule has 0 fully saturated rings. The highest BCUT2D eigenvalue weighted by atomic mass is 31.2. The van der Waals surface area contributed by atoms with Gasteiger partial charge in [0.1, 0.15) is 0 Å². The SMILES string of the molecule is [2H]C(C)(F)P(=O)(OCC)OCC. The smallest absolute Gasteiger partial charge is 0.307 e. The minimum Gasteiger partial charge on any atom is -0.307 e. The van der Waals surface area contributed by atoms with Crippen molar-refractivity contribution < 1.29 is 19.4 Å². The van der Waals surface area contributed by atoms with Gasteiger partial charge in [-0.3, -0.25) is 4.57 Å². The highest BCUT2D eigenvalue weighted by molar-refractivity contribution is 7.54. The molecule has 0 aliphatic heterocycles. The summed E-state index contributed by atoms with van der Waals surface area (Å²) in [5, 5.41) is 0. The van der Waals surface area contributed by atoms with Gasteiger partial charge in [0.25, 0.3) is 0 Å². The Balaban J connectivity index is 4.51. The van der Waals surface area contributed by atoms with Crippen LogP contribution in [0.5, 0.6) is 0 Å². The molecule has 0 aliphatic carbocycles. The Kier molecular flexibility index (Phi) is 4.05. The molecule has 0 N–H and O–H groups in total. The largest absolute Gasteiger partial charge is 0.364 e. The van der Waals surface area contributed by atoms with Gasteiger partial charge in [-0.05, 0) is 20.8 Å². The summed E-state index contributed by atoms with van der Waals surface area (Å²) in [4.78, 5) is 0. The second-order valence-corrected chi connectivity index (χ2v) is 3.96. The number of rotatable bonds is 5. The maximum Gasteiger partial charge on any atom is 0.364 e. The molecule has 0 aliphatic rings. The van der Waals surface area contributed by atoms with Crippen LogP contribution < -0.4 is 0 Å². The van der Waals surface area contributed by atoms with E-state index in [1.54, 1.807) is 13.8 Å². The van der Waals surface area contributed by atoms with Crippen LogP contribution in [0.15, 0.2) is 0 Å². The van der Waals surface area contributed by atoms with Crippen LogP contribution >= 0.6 is 7.60 Å². The van der Waals surface area contributed by atoms with Gasteiger partial charge in [0, 0.05) is 0 Å². The van der Waals surface area contributed by atoms with E-state index in [4.69, 9.17) is 1.37 Å². The Morgan fingerprint density at radius 3 is 2.09 bits per heavy atom. The minimum absolute atomic E-state index is 0.0651. The highest BCUT2D eigenvalue weighted by Crippen LogP contribution is 2.53. The van der Waals surface area contributed by atoms with Gasteiger partial charge in [-0.15, -0.1) is 0 Å². The number of hydrogen-bond donors (Lipinski definition) is 0. The third-order valence-electron chi connectivity index (χ3n) is 0.975. The maximum absolute atomic E-state index is 13.0. The van der Waals surface area contributed by atoms with E-state index in [9.17, 15) is 8.96 Å². The second-order valence-electron chi connectivity index (χ2n) is 1.83. The van der Waals surface area contributed by atoms with Crippen LogP contribution in [-0.4, -0.2) is 19.1 Å². The molecule has 0 rings (SSSR count). The van der Waals surface area contributed by atoms with E-state index in [1.165, 1.54) is 0 Å². The lowest BCUT2D eigenvalue weighted by atomic mass is 10.9. The topological polar surface area (TPSA) is 35.5 Å². The molecule has 0 aromatic heterocycles. The highest BCUT2D eigenvalue weighted by Gasteiger charge is 2.31. The lowest BCUT2D eigenvalue weighted by Crippen LogP contribution is -2.04. The molecule has 68 valence electrons. The molecule has 0 aromatic rings. The molecule has 0 amide bonds. The summed E-state index contributed by atoms with van der Waals surface area (Å²) < 4.78 is 40.5. The third kappa shape index (κ3) is 3.32. The predicted molar refractivity (Wildman–Crippen MR) is 41.4 cm³/mol. The first-order chi connectivity index (χ1) is 5.37. The molecule has 0 saturated heterocycles. The van der Waals surface area contributed by atoms with Crippen LogP contribution in [0.25, 0.3) is 0 Å². The lowest BCUT2D eigenvalue weighted by molar-refractivity contribution is 0.193. The van der Waals surface area contributed by atoms with Crippen LogP contribution in [0.2, 0.25) is 0 Å². The van der Waals surface area contributed by atoms with Crippen molar-refractivity contribution in [3.63, 3.8) is 0 Å². The van der Waals surface area contributed by atoms with Gasteiger partial charge >= 0.3 is 7.60 Å². The summed E-state index contributed by atoms with van der Waals surface area (Å²) in [5.41, 5.74) is 0. The van der Waals surface area contributed by atoms with Gasteiger partial charge in [0.05, 0.1) is 14.6 Å². The van der Waals surface area contributed by atoms with Gasteiger partial charge in [-0.2, -0.15) is 0 Å². The molecule has 1 unspecified atom stereocenters. The number of halogens is 1. The molecular formula is C6H14FO3P. The fourth-order valence-electron chi connectivity index (χ4n) is 0.555. The molecule has 0 spiro atoms. The van der Waals surface area contributed by atoms with Gasteiger partial charge in [0.2, 0.25) is 0 Å². The predicted octanol–water partition coefficient (Wildman–Crippen LogP) is 2.57. The monoisotopic (exact) mass is 185 g/mol. The van der Waals surface area contributed by atoms with E-state index < -0.39 is 13.5 Å². The van der Waals surface area contributed by atoms with Crippen LogP contribution in [0.1, 0.15) is 22.1 Å². The number of alkyl halides is 1. The summed E-state index contributed by atoms with van der Waals surface area (Å²) in [5.74, 6) is -2.68. The summed E-state index contributed by atoms with van der Waals surface area (Å²) in [6, 6.07) is 0. The second kappa shape index (κ2) is 4.86. The van der Waals surface area contributed by atoms with Crippen LogP contribution in [0.4, 0.5) is 4.39 Å². The van der Waals surface area contributed by atoms with E-state index in [2.05, 4.69) is 9.05 Å². The first kappa shape index (κ1) is 9.17. The molecular weight excluding hydrogens is 170 g/mol. The van der Waals surface area contributed by atoms with Gasteiger partial charge in [-0.1, -0.05) is 0 Å². The standard InChI is InChI=1S/C6H14FO3P/c1-4-9-11(8,6(3)7)10-5-2/h6H,4-5H2,1-3H3/i6D. The van der Waals surface area contributed by atoms with Crippen molar-refractivity contribution in [2.24, 2.45) is 0 Å². The fourth-order valence-corrected chi connectivity index (χ4v) is 1.67. The van der Waals surface area contributed by atoms with Crippen molar-refractivity contribution in [1.29, 1.82) is 0 Å². The van der Waals surface area contributed by atoms with Gasteiger partial charge in [0.15, 0.2) is 5.89 Å². The molecule has 0 radical (unpaired) electrons. The van der Waals surface area contributed by atoms with Crippen molar-refractivity contribution >= 4 is 7.60 Å². The Hall–Kier alpha value is 0.0800. The third-order valence-corrected chi connectivity index (χ3v) is 2.93. The van der Waals surface area contributed by atoms with Crippen molar-refractivity contribution in [3.05, 3.63) is 0 Å². The molecule has 0 saturated carbocycles. The first-order valence-corrected chi connectivity index (χ1v) is 4.99. The van der Waals surface area contributed by atoms with Gasteiger partial charge < -0.3 is 9.05 Å². The Labute approximate surface area is 67.8 Å². The fraction of sp³-hybridized carbons (Fsp3) is 1.00. The van der Waals surface area contributed by atoms with E-state index in [1.807, 2.05) is 0 Å². The Bertz CT molecular complexity index is 170. The molecule has 5 heteroatoms. The van der Waals surface area contributed by atoms with Crippen LogP contribution in [0, 0.1) is 0 Å². The Morgan fingerprint density at radius 2 is 1.91 bits per heavy atom. The average molecular weight is 185 g/mol. The summed E-state index contributed by atoms with van der Waals surface area (Å²) in [6.45, 7) is 4.12. The van der Waals surface area contributed by atoms with Crippen molar-refractivity contribution in [2.75, 3.05) is 13.2 Å². The Morgan fingerprint density at radius 1 is 1.55 bits per heavy atom. The van der Waals surface area contributed by atoms with Crippen molar-refractivity contribution in [2.45, 2.75) is 26.7 Å². The quantitative estimate of drug-likeness (QED) is 0.617. The van der Waals surface area contributed by atoms with Crippen molar-refractivity contribution in [3.8, 4) is 0 Å². The van der Waals surface area contributed by atoms with Crippen LogP contribution in [0.3, 0.4) is 0 Å². The average Bonchev–Trinajstić information content (AvgIpc) is 1.86. The van der Waals surface area contributed by atoms with E-state index in [0.717, 1.165) is 6.92 Å². The normalized spacial score (nSPS) is 19.1. The summed E-state index contributed by atoms with van der Waals surface area (Å²) >= 11 is 0. The lowest BCUT2D eigenvalue weighted by Gasteiger charge is -2.17. The maximum atomic E-state index is 13.0. The number of hydrogen-bond acceptors (Lipinski definition) is 3. The van der Waals surface area contributed by atoms with Crippen LogP contribution in [-0.2, 0) is 13.6 Å². The van der Waals surface area contributed by atoms with E-state index >= 15 is 0 Å². The molecule has 3 nitrogen and oxygen atoms in total. The zero-order chi connectivity index (χ0) is 9.83. The minimum atomic E-state index is -3.90. The molecule has 0 aromatic carbocycles. The van der Waals surface area contributed by atoms with E-state index in [-0.39, 0.29) is 13.2 Å². The first-order valence-electron chi connectivity index (χ1n) is 3.95. The van der Waals surface area contributed by atoms with Gasteiger partial charge in [-0.25, -0.2) is 4.39 Å².